The highest BCUT2D eigenvalue weighted by Crippen LogP contribution is 2.28. The molecule has 0 fully saturated rings. The zero-order chi connectivity index (χ0) is 28.8. The third kappa shape index (κ3) is 7.55. The number of halogens is 2. The first-order chi connectivity index (χ1) is 18.3. The van der Waals surface area contributed by atoms with Crippen molar-refractivity contribution in [3.8, 4) is 0 Å². The number of aromatic nitrogens is 3. The lowest BCUT2D eigenvalue weighted by molar-refractivity contribution is -0.121. The Balaban J connectivity index is 1.90. The summed E-state index contributed by atoms with van der Waals surface area (Å²) in [5, 5.41) is 5.11. The lowest BCUT2D eigenvalue weighted by atomic mass is 10.0. The van der Waals surface area contributed by atoms with E-state index in [1.165, 1.54) is 35.2 Å². The molecule has 212 valence electrons. The molecule has 0 atom stereocenters. The number of hydrogen-bond acceptors (Lipinski definition) is 8. The number of amides is 1. The van der Waals surface area contributed by atoms with Gasteiger partial charge in [0.2, 0.25) is 5.91 Å². The van der Waals surface area contributed by atoms with Gasteiger partial charge in [-0.05, 0) is 37.3 Å². The second kappa shape index (κ2) is 12.6. The molecule has 1 aliphatic rings. The number of nitrogens with one attached hydrogen (secondary N) is 2. The normalized spacial score (nSPS) is 13.9. The average Bonchev–Trinajstić information content (AvgIpc) is 2.89. The van der Waals surface area contributed by atoms with Gasteiger partial charge in [-0.1, -0.05) is 33.3 Å². The molecule has 0 saturated heterocycles. The SMILES string of the molecule is CCCc1c(C(C)C)nc(NCC(F)(F)C2=CCCC=N2)c(=O)n1CC(=O)NCc1ncccc1S(C)(=O)=O. The van der Waals surface area contributed by atoms with Gasteiger partial charge in [-0.3, -0.25) is 24.1 Å². The Morgan fingerprint density at radius 2 is 2.00 bits per heavy atom. The van der Waals surface area contributed by atoms with Crippen molar-refractivity contribution in [1.82, 2.24) is 19.9 Å². The highest BCUT2D eigenvalue weighted by atomic mass is 32.2. The highest BCUT2D eigenvalue weighted by molar-refractivity contribution is 7.90. The second-order valence-corrected chi connectivity index (χ2v) is 11.6. The van der Waals surface area contributed by atoms with Crippen LogP contribution in [0.1, 0.15) is 63.0 Å². The first-order valence-electron chi connectivity index (χ1n) is 12.7. The van der Waals surface area contributed by atoms with Gasteiger partial charge in [-0.25, -0.2) is 13.4 Å². The maximum Gasteiger partial charge on any atom is 0.306 e. The van der Waals surface area contributed by atoms with Crippen molar-refractivity contribution in [2.45, 2.75) is 76.3 Å². The topological polar surface area (TPSA) is 135 Å². The summed E-state index contributed by atoms with van der Waals surface area (Å²) in [6.07, 6.45) is 7.43. The first kappa shape index (κ1) is 30.1. The molecule has 2 N–H and O–H groups in total. The number of rotatable bonds is 12. The molecule has 39 heavy (non-hydrogen) atoms. The Morgan fingerprint density at radius 1 is 1.26 bits per heavy atom. The van der Waals surface area contributed by atoms with E-state index < -0.39 is 40.3 Å². The van der Waals surface area contributed by atoms with Crippen molar-refractivity contribution in [2.24, 2.45) is 4.99 Å². The van der Waals surface area contributed by atoms with E-state index in [2.05, 4.69) is 25.6 Å². The Hall–Kier alpha value is -3.48. The van der Waals surface area contributed by atoms with Crippen LogP contribution in [0.25, 0.3) is 0 Å². The minimum Gasteiger partial charge on any atom is -0.359 e. The van der Waals surface area contributed by atoms with E-state index in [0.29, 0.717) is 37.1 Å². The quantitative estimate of drug-likeness (QED) is 0.404. The summed E-state index contributed by atoms with van der Waals surface area (Å²) in [4.78, 5) is 38.6. The average molecular weight is 565 g/mol. The number of allylic oxidation sites excluding steroid dienone is 1. The summed E-state index contributed by atoms with van der Waals surface area (Å²) in [5.74, 6) is -4.33. The fourth-order valence-electron chi connectivity index (χ4n) is 4.18. The summed E-state index contributed by atoms with van der Waals surface area (Å²) < 4.78 is 54.9. The van der Waals surface area contributed by atoms with Crippen molar-refractivity contribution in [3.63, 3.8) is 0 Å². The van der Waals surface area contributed by atoms with Gasteiger partial charge in [0.25, 0.3) is 5.56 Å². The fraction of sp³-hybridized carbons (Fsp3) is 0.500. The molecule has 10 nitrogen and oxygen atoms in total. The number of alkyl halides is 2. The minimum atomic E-state index is -3.57. The standard InChI is InChI=1S/C26H34F2N6O4S/c1-5-9-19-23(17(2)3)33-24(32-16-26(27,28)21-11-6-7-12-30-21)25(36)34(19)15-22(35)31-14-18-20(39(4,37)38)10-8-13-29-18/h8,10-13,17H,5-7,9,14-16H2,1-4H3,(H,31,35)(H,32,33). The Labute approximate surface area is 226 Å². The molecule has 3 rings (SSSR count). The molecule has 1 amide bonds. The van der Waals surface area contributed by atoms with Gasteiger partial charge in [0.15, 0.2) is 15.7 Å². The smallest absolute Gasteiger partial charge is 0.306 e. The number of pyridine rings is 1. The van der Waals surface area contributed by atoms with Crippen LogP contribution in [0.2, 0.25) is 0 Å². The predicted molar refractivity (Wildman–Crippen MR) is 145 cm³/mol. The van der Waals surface area contributed by atoms with Crippen molar-refractivity contribution < 1.29 is 22.0 Å². The number of carbonyl (C=O) groups excluding carboxylic acids is 1. The van der Waals surface area contributed by atoms with Crippen molar-refractivity contribution in [3.05, 3.63) is 57.5 Å². The van der Waals surface area contributed by atoms with E-state index in [9.17, 15) is 26.8 Å². The van der Waals surface area contributed by atoms with Crippen LogP contribution in [0.5, 0.6) is 0 Å². The van der Waals surface area contributed by atoms with Gasteiger partial charge in [0.1, 0.15) is 12.2 Å². The lowest BCUT2D eigenvalue weighted by Gasteiger charge is -2.22. The first-order valence-corrected chi connectivity index (χ1v) is 14.6. The fourth-order valence-corrected chi connectivity index (χ4v) is 5.06. The van der Waals surface area contributed by atoms with E-state index in [-0.39, 0.29) is 34.6 Å². The molecule has 0 aliphatic carbocycles. The Bertz CT molecular complexity index is 1430. The van der Waals surface area contributed by atoms with Crippen LogP contribution >= 0.6 is 0 Å². The molecule has 3 heterocycles. The van der Waals surface area contributed by atoms with Gasteiger partial charge in [0, 0.05) is 24.4 Å². The van der Waals surface area contributed by atoms with Gasteiger partial charge >= 0.3 is 5.92 Å². The molecule has 0 unspecified atom stereocenters. The van der Waals surface area contributed by atoms with Crippen molar-refractivity contribution >= 4 is 27.8 Å². The zero-order valence-corrected chi connectivity index (χ0v) is 23.3. The van der Waals surface area contributed by atoms with Crippen LogP contribution in [-0.4, -0.2) is 53.8 Å². The number of carbonyl (C=O) groups is 1. The lowest BCUT2D eigenvalue weighted by Crippen LogP contribution is -2.38. The summed E-state index contributed by atoms with van der Waals surface area (Å²) in [5.41, 5.74) is 0.157. The molecule has 0 spiro atoms. The number of hydrogen-bond donors (Lipinski definition) is 2. The number of nitrogens with zero attached hydrogens (tertiary/aromatic N) is 4. The van der Waals surface area contributed by atoms with Crippen LogP contribution in [0, 0.1) is 0 Å². The van der Waals surface area contributed by atoms with Crippen LogP contribution in [0.3, 0.4) is 0 Å². The summed E-state index contributed by atoms with van der Waals surface area (Å²) in [7, 11) is -3.57. The van der Waals surface area contributed by atoms with Crippen molar-refractivity contribution in [1.29, 1.82) is 0 Å². The van der Waals surface area contributed by atoms with Gasteiger partial charge < -0.3 is 10.6 Å². The number of aliphatic imine (C=N–C) groups is 1. The van der Waals surface area contributed by atoms with Gasteiger partial charge in [-0.15, -0.1) is 0 Å². The van der Waals surface area contributed by atoms with E-state index >= 15 is 0 Å². The third-order valence-electron chi connectivity index (χ3n) is 6.05. The largest absolute Gasteiger partial charge is 0.359 e. The predicted octanol–water partition coefficient (Wildman–Crippen LogP) is 3.23. The maximum atomic E-state index is 14.8. The Morgan fingerprint density at radius 3 is 2.62 bits per heavy atom. The molecule has 2 aromatic rings. The highest BCUT2D eigenvalue weighted by Gasteiger charge is 2.35. The molecule has 0 radical (unpaired) electrons. The Kier molecular flexibility index (Phi) is 9.70. The summed E-state index contributed by atoms with van der Waals surface area (Å²) in [6, 6.07) is 2.88. The second-order valence-electron chi connectivity index (χ2n) is 9.62. The molecule has 2 aromatic heterocycles. The van der Waals surface area contributed by atoms with Gasteiger partial charge in [0.05, 0.1) is 29.4 Å². The van der Waals surface area contributed by atoms with E-state index in [4.69, 9.17) is 0 Å². The summed E-state index contributed by atoms with van der Waals surface area (Å²) in [6.45, 7) is 4.18. The monoisotopic (exact) mass is 564 g/mol. The van der Waals surface area contributed by atoms with Crippen LogP contribution < -0.4 is 16.2 Å². The molecular weight excluding hydrogens is 530 g/mol. The van der Waals surface area contributed by atoms with E-state index in [1.807, 2.05) is 20.8 Å². The number of sulfone groups is 1. The minimum absolute atomic E-state index is 0.00928. The molecule has 0 bridgehead atoms. The van der Waals surface area contributed by atoms with Crippen molar-refractivity contribution in [2.75, 3.05) is 18.1 Å². The van der Waals surface area contributed by atoms with E-state index in [0.717, 1.165) is 6.26 Å². The molecule has 13 heteroatoms. The molecule has 1 aliphatic heterocycles. The maximum absolute atomic E-state index is 14.8. The van der Waals surface area contributed by atoms with E-state index in [1.54, 1.807) is 0 Å². The van der Waals surface area contributed by atoms with Gasteiger partial charge in [-0.2, -0.15) is 8.78 Å². The molecular formula is C26H34F2N6O4S. The number of anilines is 1. The van der Waals surface area contributed by atoms with Crippen LogP contribution in [0.15, 0.2) is 44.8 Å². The summed E-state index contributed by atoms with van der Waals surface area (Å²) >= 11 is 0. The molecule has 0 aromatic carbocycles. The van der Waals surface area contributed by atoms with Crippen LogP contribution in [-0.2, 0) is 34.1 Å². The van der Waals surface area contributed by atoms with Crippen LogP contribution in [0.4, 0.5) is 14.6 Å². The zero-order valence-electron chi connectivity index (χ0n) is 22.5. The molecule has 0 saturated carbocycles. The third-order valence-corrected chi connectivity index (χ3v) is 7.22.